The summed E-state index contributed by atoms with van der Waals surface area (Å²) in [6.45, 7) is 4.27. The molecule has 0 aliphatic rings. The fourth-order valence-electron chi connectivity index (χ4n) is 2.08. The maximum atomic E-state index is 11.5. The quantitative estimate of drug-likeness (QED) is 0.648. The maximum Gasteiger partial charge on any atom is 0.331 e. The van der Waals surface area contributed by atoms with Crippen LogP contribution in [0.25, 0.3) is 5.57 Å². The summed E-state index contributed by atoms with van der Waals surface area (Å²) < 4.78 is 10.6. The number of carbonyl (C=O) groups excluding carboxylic acids is 1. The summed E-state index contributed by atoms with van der Waals surface area (Å²) in [7, 11) is 0. The van der Waals surface area contributed by atoms with E-state index in [4.69, 9.17) is 9.47 Å². The van der Waals surface area contributed by atoms with E-state index in [0.29, 0.717) is 30.1 Å². The number of allylic oxidation sites excluding steroid dienone is 1. The fraction of sp³-hybridized carbons (Fsp3) is 0.211. The van der Waals surface area contributed by atoms with E-state index in [0.717, 1.165) is 5.56 Å². The molecule has 0 atom stereocenters. The van der Waals surface area contributed by atoms with E-state index >= 15 is 0 Å². The van der Waals surface area contributed by atoms with Crippen LogP contribution in [-0.4, -0.2) is 17.7 Å². The Morgan fingerprint density at radius 1 is 1.17 bits per heavy atom. The molecule has 0 fully saturated rings. The van der Waals surface area contributed by atoms with Gasteiger partial charge in [-0.3, -0.25) is 0 Å². The highest BCUT2D eigenvalue weighted by Crippen LogP contribution is 2.27. The van der Waals surface area contributed by atoms with Crippen LogP contribution in [-0.2, 0) is 16.1 Å². The van der Waals surface area contributed by atoms with Gasteiger partial charge in [0, 0.05) is 12.1 Å². The second-order valence-corrected chi connectivity index (χ2v) is 5.07. The second kappa shape index (κ2) is 8.03. The number of carbonyl (C=O) groups is 1. The summed E-state index contributed by atoms with van der Waals surface area (Å²) in [5.74, 6) is 0.225. The molecule has 0 aliphatic carbocycles. The number of aromatic hydroxyl groups is 1. The Hall–Kier alpha value is -2.75. The summed E-state index contributed by atoms with van der Waals surface area (Å²) in [6.07, 6.45) is 1.40. The van der Waals surface area contributed by atoms with Crippen molar-refractivity contribution in [1.29, 1.82) is 0 Å². The molecule has 1 N–H and O–H groups in total. The minimum absolute atomic E-state index is 0.0853. The number of hydrogen-bond acceptors (Lipinski definition) is 4. The third-order valence-corrected chi connectivity index (χ3v) is 3.22. The molecule has 2 aromatic carbocycles. The summed E-state index contributed by atoms with van der Waals surface area (Å²) in [4.78, 5) is 11.5. The number of phenolic OH excluding ortho intramolecular Hbond substituents is 1. The minimum atomic E-state index is -0.403. The summed E-state index contributed by atoms with van der Waals surface area (Å²) in [5, 5.41) is 9.85. The monoisotopic (exact) mass is 312 g/mol. The first-order valence-electron chi connectivity index (χ1n) is 7.44. The molecular weight excluding hydrogens is 292 g/mol. The van der Waals surface area contributed by atoms with Crippen LogP contribution < -0.4 is 4.74 Å². The molecule has 4 nitrogen and oxygen atoms in total. The van der Waals surface area contributed by atoms with Gasteiger partial charge in [-0.15, -0.1) is 0 Å². The first kappa shape index (κ1) is 16.6. The van der Waals surface area contributed by atoms with Gasteiger partial charge < -0.3 is 14.6 Å². The van der Waals surface area contributed by atoms with Gasteiger partial charge in [0.05, 0.1) is 6.61 Å². The predicted molar refractivity (Wildman–Crippen MR) is 89.2 cm³/mol. The molecule has 2 aromatic rings. The lowest BCUT2D eigenvalue weighted by molar-refractivity contribution is -0.137. The maximum absolute atomic E-state index is 11.5. The van der Waals surface area contributed by atoms with Gasteiger partial charge in [-0.05, 0) is 42.7 Å². The van der Waals surface area contributed by atoms with Crippen molar-refractivity contribution in [2.45, 2.75) is 20.5 Å². The Bertz CT molecular complexity index is 690. The number of hydrogen-bond donors (Lipinski definition) is 1. The lowest BCUT2D eigenvalue weighted by Gasteiger charge is -2.10. The van der Waals surface area contributed by atoms with E-state index in [9.17, 15) is 9.90 Å². The Balaban J connectivity index is 2.13. The number of ether oxygens (including phenoxy) is 2. The minimum Gasteiger partial charge on any atom is -0.508 e. The zero-order valence-electron chi connectivity index (χ0n) is 13.3. The summed E-state index contributed by atoms with van der Waals surface area (Å²) in [5.41, 5.74) is 2.45. The van der Waals surface area contributed by atoms with Crippen LogP contribution in [0.2, 0.25) is 0 Å². The van der Waals surface area contributed by atoms with E-state index in [1.165, 1.54) is 6.08 Å². The van der Waals surface area contributed by atoms with Crippen molar-refractivity contribution in [3.8, 4) is 11.5 Å². The smallest absolute Gasteiger partial charge is 0.331 e. The molecule has 0 radical (unpaired) electrons. The van der Waals surface area contributed by atoms with Gasteiger partial charge in [0.2, 0.25) is 0 Å². The Morgan fingerprint density at radius 2 is 1.91 bits per heavy atom. The van der Waals surface area contributed by atoms with Crippen LogP contribution in [0.1, 0.15) is 25.0 Å². The third-order valence-electron chi connectivity index (χ3n) is 3.22. The molecule has 2 rings (SSSR count). The van der Waals surface area contributed by atoms with Crippen LogP contribution in [0.15, 0.2) is 54.6 Å². The second-order valence-electron chi connectivity index (χ2n) is 5.07. The molecule has 0 spiro atoms. The molecule has 120 valence electrons. The van der Waals surface area contributed by atoms with E-state index in [-0.39, 0.29) is 5.75 Å². The van der Waals surface area contributed by atoms with Gasteiger partial charge in [-0.25, -0.2) is 4.79 Å². The molecule has 23 heavy (non-hydrogen) atoms. The highest BCUT2D eigenvalue weighted by molar-refractivity contribution is 5.91. The Labute approximate surface area is 136 Å². The largest absolute Gasteiger partial charge is 0.508 e. The van der Waals surface area contributed by atoms with Crippen molar-refractivity contribution in [3.05, 3.63) is 65.7 Å². The summed E-state index contributed by atoms with van der Waals surface area (Å²) in [6, 6.07) is 14.7. The van der Waals surface area contributed by atoms with Crippen molar-refractivity contribution in [1.82, 2.24) is 0 Å². The van der Waals surface area contributed by atoms with E-state index in [1.807, 2.05) is 30.3 Å². The third kappa shape index (κ3) is 5.18. The highest BCUT2D eigenvalue weighted by Gasteiger charge is 2.06. The Kier molecular flexibility index (Phi) is 5.80. The van der Waals surface area contributed by atoms with Gasteiger partial charge >= 0.3 is 5.97 Å². The molecule has 0 bridgehead atoms. The van der Waals surface area contributed by atoms with Crippen LogP contribution in [0.3, 0.4) is 0 Å². The first-order valence-corrected chi connectivity index (χ1v) is 7.44. The topological polar surface area (TPSA) is 55.8 Å². The highest BCUT2D eigenvalue weighted by atomic mass is 16.5. The standard InChI is InChI=1S/C19H20O4/c1-3-22-19(21)9-14(2)16-10-17(20)12-18(11-16)23-13-15-7-5-4-6-8-15/h4-12,20H,3,13H2,1-2H3/b14-9+. The van der Waals surface area contributed by atoms with E-state index in [2.05, 4.69) is 0 Å². The van der Waals surface area contributed by atoms with Gasteiger partial charge in [0.15, 0.2) is 0 Å². The first-order chi connectivity index (χ1) is 11.1. The van der Waals surface area contributed by atoms with Crippen LogP contribution in [0.5, 0.6) is 11.5 Å². The van der Waals surface area contributed by atoms with Gasteiger partial charge in [0.1, 0.15) is 18.1 Å². The van der Waals surface area contributed by atoms with Crippen LogP contribution in [0.4, 0.5) is 0 Å². The molecule has 0 saturated heterocycles. The number of benzene rings is 2. The van der Waals surface area contributed by atoms with Crippen molar-refractivity contribution < 1.29 is 19.4 Å². The predicted octanol–water partition coefficient (Wildman–Crippen LogP) is 3.94. The van der Waals surface area contributed by atoms with Crippen molar-refractivity contribution in [2.24, 2.45) is 0 Å². The zero-order chi connectivity index (χ0) is 16.7. The summed E-state index contributed by atoms with van der Waals surface area (Å²) >= 11 is 0. The van der Waals surface area contributed by atoms with Crippen molar-refractivity contribution in [2.75, 3.05) is 6.61 Å². The lowest BCUT2D eigenvalue weighted by atomic mass is 10.1. The van der Waals surface area contributed by atoms with Gasteiger partial charge in [-0.2, -0.15) is 0 Å². The molecule has 0 aromatic heterocycles. The van der Waals surface area contributed by atoms with E-state index in [1.54, 1.807) is 32.0 Å². The van der Waals surface area contributed by atoms with Crippen LogP contribution in [0, 0.1) is 0 Å². The molecule has 4 heteroatoms. The van der Waals surface area contributed by atoms with Crippen LogP contribution >= 0.6 is 0 Å². The SMILES string of the molecule is CCOC(=O)/C=C(\C)c1cc(O)cc(OCc2ccccc2)c1. The molecule has 0 saturated carbocycles. The molecule has 0 unspecified atom stereocenters. The van der Waals surface area contributed by atoms with Gasteiger partial charge in [-0.1, -0.05) is 30.3 Å². The number of esters is 1. The fourth-order valence-corrected chi connectivity index (χ4v) is 2.08. The average molecular weight is 312 g/mol. The zero-order valence-corrected chi connectivity index (χ0v) is 13.3. The normalized spacial score (nSPS) is 11.1. The lowest BCUT2D eigenvalue weighted by Crippen LogP contribution is -2.00. The number of phenols is 1. The molecular formula is C19H20O4. The number of rotatable bonds is 6. The van der Waals surface area contributed by atoms with Crippen molar-refractivity contribution >= 4 is 11.5 Å². The van der Waals surface area contributed by atoms with E-state index < -0.39 is 5.97 Å². The molecule has 0 amide bonds. The Morgan fingerprint density at radius 3 is 2.61 bits per heavy atom. The van der Waals surface area contributed by atoms with Crippen molar-refractivity contribution in [3.63, 3.8) is 0 Å². The molecule has 0 heterocycles. The molecule has 0 aliphatic heterocycles. The average Bonchev–Trinajstić information content (AvgIpc) is 2.53. The van der Waals surface area contributed by atoms with Gasteiger partial charge in [0.25, 0.3) is 0 Å².